The summed E-state index contributed by atoms with van der Waals surface area (Å²) in [6.45, 7) is 2.34. The summed E-state index contributed by atoms with van der Waals surface area (Å²) in [5, 5.41) is 13.3. The lowest BCUT2D eigenvalue weighted by Gasteiger charge is -2.24. The molecule has 2 aromatic rings. The Morgan fingerprint density at radius 1 is 1.19 bits per heavy atom. The topological polar surface area (TPSA) is 68.3 Å². The van der Waals surface area contributed by atoms with Crippen LogP contribution >= 0.6 is 0 Å². The number of benzene rings is 1. The van der Waals surface area contributed by atoms with Crippen LogP contribution in [-0.2, 0) is 6.42 Å². The number of nitrogens with zero attached hydrogens (tertiary/aromatic N) is 3. The molecule has 1 aliphatic carbocycles. The highest BCUT2D eigenvalue weighted by Crippen LogP contribution is 2.40. The predicted octanol–water partition coefficient (Wildman–Crippen LogP) is 4.61. The van der Waals surface area contributed by atoms with Crippen LogP contribution in [0, 0.1) is 5.95 Å². The van der Waals surface area contributed by atoms with Crippen molar-refractivity contribution in [3.8, 4) is 0 Å². The van der Waals surface area contributed by atoms with Crippen LogP contribution in [-0.4, -0.2) is 65.9 Å². The van der Waals surface area contributed by atoms with E-state index in [0.717, 1.165) is 26.1 Å². The molecule has 1 saturated heterocycles. The smallest absolute Gasteiger partial charge is 0.367 e. The van der Waals surface area contributed by atoms with Crippen molar-refractivity contribution in [1.82, 2.24) is 25.7 Å². The molecule has 6 nitrogen and oxygen atoms in total. The number of hydrogen-bond donors (Lipinski definition) is 3. The lowest BCUT2D eigenvalue weighted by atomic mass is 9.89. The quantitative estimate of drug-likeness (QED) is 0.478. The highest BCUT2D eigenvalue weighted by Gasteiger charge is 2.34. The molecule has 194 valence electrons. The first-order chi connectivity index (χ1) is 17.3. The number of fused-ring (bicyclic) bond motifs is 3. The van der Waals surface area contributed by atoms with Gasteiger partial charge in [0.05, 0.1) is 42.5 Å². The Balaban J connectivity index is 1.45. The third-order valence-corrected chi connectivity index (χ3v) is 7.06. The molecule has 0 radical (unpaired) electrons. The van der Waals surface area contributed by atoms with Gasteiger partial charge < -0.3 is 15.5 Å². The molecule has 3 heterocycles. The Hall–Kier alpha value is -2.95. The van der Waals surface area contributed by atoms with Gasteiger partial charge in [-0.05, 0) is 49.3 Å². The number of nitrogens with one attached hydrogen (secondary N) is 3. The first-order valence-electron chi connectivity index (χ1n) is 12.3. The van der Waals surface area contributed by atoms with Crippen LogP contribution in [0.25, 0.3) is 16.5 Å². The molecule has 1 fully saturated rings. The molecular formula is C25H29F5N6. The van der Waals surface area contributed by atoms with Crippen molar-refractivity contribution in [3.05, 3.63) is 46.8 Å². The molecule has 0 amide bonds. The molecule has 1 atom stereocenters. The van der Waals surface area contributed by atoms with Crippen LogP contribution in [0.1, 0.15) is 43.2 Å². The zero-order valence-electron chi connectivity index (χ0n) is 19.8. The van der Waals surface area contributed by atoms with Crippen LogP contribution in [0.5, 0.6) is 0 Å². The van der Waals surface area contributed by atoms with E-state index in [1.807, 2.05) is 0 Å². The fourth-order valence-corrected chi connectivity index (χ4v) is 5.52. The van der Waals surface area contributed by atoms with Gasteiger partial charge in [0.1, 0.15) is 5.82 Å². The molecule has 1 aromatic carbocycles. The minimum atomic E-state index is -4.36. The highest BCUT2D eigenvalue weighted by atomic mass is 19.4. The molecule has 0 unspecified atom stereocenters. The van der Waals surface area contributed by atoms with E-state index in [9.17, 15) is 22.0 Å². The van der Waals surface area contributed by atoms with E-state index in [0.29, 0.717) is 58.4 Å². The Kier molecular flexibility index (Phi) is 7.00. The number of aliphatic imine (C=N–C) groups is 1. The predicted molar refractivity (Wildman–Crippen MR) is 129 cm³/mol. The normalized spacial score (nSPS) is 21.2. The molecule has 0 spiro atoms. The van der Waals surface area contributed by atoms with E-state index in [4.69, 9.17) is 0 Å². The average Bonchev–Trinajstić information content (AvgIpc) is 3.40. The zero-order chi connectivity index (χ0) is 25.3. The maximum atomic E-state index is 14.5. The number of aromatic amines is 1. The first-order valence-corrected chi connectivity index (χ1v) is 12.3. The summed E-state index contributed by atoms with van der Waals surface area (Å²) in [7, 11) is 0. The maximum Gasteiger partial charge on any atom is 0.392 e. The third kappa shape index (κ3) is 5.25. The van der Waals surface area contributed by atoms with E-state index in [-0.39, 0.29) is 31.3 Å². The number of aromatic nitrogens is 2. The molecule has 2 aliphatic heterocycles. The molecule has 3 N–H and O–H groups in total. The summed E-state index contributed by atoms with van der Waals surface area (Å²) in [6.07, 6.45) is -1.14. The second kappa shape index (κ2) is 10.2. The summed E-state index contributed by atoms with van der Waals surface area (Å²) >= 11 is 0. The van der Waals surface area contributed by atoms with Gasteiger partial charge in [-0.25, -0.2) is 0 Å². The van der Waals surface area contributed by atoms with Gasteiger partial charge >= 0.3 is 6.18 Å². The Bertz CT molecular complexity index is 1210. The van der Waals surface area contributed by atoms with Crippen LogP contribution in [0.2, 0.25) is 0 Å². The summed E-state index contributed by atoms with van der Waals surface area (Å²) in [5.41, 5.74) is 3.00. The minimum Gasteiger partial charge on any atom is -0.367 e. The van der Waals surface area contributed by atoms with Crippen molar-refractivity contribution in [2.45, 2.75) is 50.7 Å². The molecular weight excluding hydrogens is 479 g/mol. The minimum absolute atomic E-state index is 0.191. The van der Waals surface area contributed by atoms with Crippen LogP contribution in [0.15, 0.2) is 34.7 Å². The number of likely N-dealkylation sites (tertiary alicyclic amines) is 1. The van der Waals surface area contributed by atoms with E-state index < -0.39 is 18.5 Å². The molecule has 36 heavy (non-hydrogen) atoms. The van der Waals surface area contributed by atoms with Gasteiger partial charge in [-0.15, -0.1) is 5.10 Å². The van der Waals surface area contributed by atoms with Gasteiger partial charge in [-0.1, -0.05) is 11.6 Å². The molecule has 5 rings (SSSR count). The van der Waals surface area contributed by atoms with Crippen molar-refractivity contribution < 1.29 is 22.0 Å². The largest absolute Gasteiger partial charge is 0.392 e. The lowest BCUT2D eigenvalue weighted by Crippen LogP contribution is -2.40. The highest BCUT2D eigenvalue weighted by molar-refractivity contribution is 6.27. The number of H-pyrrole nitrogens is 1. The standard InChI is InChI=1S/C25H29F5N6/c26-8-2-9-36-10-7-16(14-36)33-21-13-31-20(12-32-21)22-15(11-25(28,29)30)3-1-4-17-18(22)5-6-19-23(17)24(27)35-34-19/h5-6,13,16,32-33H,1-4,7-12,14H2,(H,34,35)/t16-/m0/s1. The summed E-state index contributed by atoms with van der Waals surface area (Å²) in [5.74, 6) is 0.0620. The Morgan fingerprint density at radius 2 is 2.06 bits per heavy atom. The number of aryl methyl sites for hydroxylation is 1. The van der Waals surface area contributed by atoms with Crippen molar-refractivity contribution in [2.24, 2.45) is 4.99 Å². The summed E-state index contributed by atoms with van der Waals surface area (Å²) in [4.78, 5) is 6.79. The number of hydrogen-bond acceptors (Lipinski definition) is 5. The number of alkyl halides is 4. The van der Waals surface area contributed by atoms with Gasteiger partial charge in [-0.2, -0.15) is 17.6 Å². The van der Waals surface area contributed by atoms with Crippen LogP contribution in [0.4, 0.5) is 22.0 Å². The monoisotopic (exact) mass is 508 g/mol. The second-order valence-corrected chi connectivity index (χ2v) is 9.60. The first kappa shape index (κ1) is 24.7. The van der Waals surface area contributed by atoms with E-state index in [2.05, 4.69) is 30.7 Å². The second-order valence-electron chi connectivity index (χ2n) is 9.60. The fraction of sp³-hybridized carbons (Fsp3) is 0.520. The van der Waals surface area contributed by atoms with Gasteiger partial charge in [0.2, 0.25) is 5.95 Å². The van der Waals surface area contributed by atoms with Crippen LogP contribution in [0.3, 0.4) is 0 Å². The Labute approximate surface area is 205 Å². The summed E-state index contributed by atoms with van der Waals surface area (Å²) in [6, 6.07) is 3.60. The van der Waals surface area contributed by atoms with E-state index in [1.165, 1.54) is 0 Å². The van der Waals surface area contributed by atoms with Gasteiger partial charge in [-0.3, -0.25) is 14.5 Å². The Morgan fingerprint density at radius 3 is 2.81 bits per heavy atom. The van der Waals surface area contributed by atoms with E-state index >= 15 is 0 Å². The summed E-state index contributed by atoms with van der Waals surface area (Å²) < 4.78 is 67.6. The molecule has 3 aliphatic rings. The number of rotatable bonds is 7. The van der Waals surface area contributed by atoms with Crippen molar-refractivity contribution in [3.63, 3.8) is 0 Å². The molecule has 0 bridgehead atoms. The molecule has 1 aromatic heterocycles. The fourth-order valence-electron chi connectivity index (χ4n) is 5.52. The SMILES string of the molecule is FCCCN1CC[C@H](NC2=CN=C(C3=C(CC(F)(F)F)CCCc4c3ccc3[nH]nc(F)c43)CN2)C1. The molecule has 0 saturated carbocycles. The van der Waals surface area contributed by atoms with Crippen molar-refractivity contribution in [1.29, 1.82) is 0 Å². The maximum absolute atomic E-state index is 14.5. The van der Waals surface area contributed by atoms with Gasteiger partial charge in [0.15, 0.2) is 0 Å². The third-order valence-electron chi connectivity index (χ3n) is 7.06. The number of halogens is 5. The van der Waals surface area contributed by atoms with Gasteiger partial charge in [0, 0.05) is 31.2 Å². The lowest BCUT2D eigenvalue weighted by molar-refractivity contribution is -0.127. The molecule has 11 heteroatoms. The zero-order valence-corrected chi connectivity index (χ0v) is 19.8. The van der Waals surface area contributed by atoms with Crippen LogP contribution < -0.4 is 10.6 Å². The number of allylic oxidation sites excluding steroid dienone is 1. The van der Waals surface area contributed by atoms with E-state index in [1.54, 1.807) is 18.3 Å². The van der Waals surface area contributed by atoms with Crippen molar-refractivity contribution >= 4 is 22.2 Å². The van der Waals surface area contributed by atoms with Gasteiger partial charge in [0.25, 0.3) is 0 Å². The average molecular weight is 509 g/mol. The van der Waals surface area contributed by atoms with Crippen molar-refractivity contribution in [2.75, 3.05) is 32.9 Å².